The molecule has 0 fully saturated rings. The topological polar surface area (TPSA) is 88.7 Å². The van der Waals surface area contributed by atoms with Crippen LogP contribution in [0.5, 0.6) is 0 Å². The van der Waals surface area contributed by atoms with Gasteiger partial charge in [0.15, 0.2) is 20.5 Å². The number of carbonyl (C=O) groups is 1. The highest BCUT2D eigenvalue weighted by Gasteiger charge is 2.23. The van der Waals surface area contributed by atoms with Crippen LogP contribution in [0.25, 0.3) is 16.2 Å². The molecule has 1 N–H and O–H groups in total. The zero-order valence-corrected chi connectivity index (χ0v) is 16.6. The van der Waals surface area contributed by atoms with E-state index in [0.29, 0.717) is 26.8 Å². The van der Waals surface area contributed by atoms with Crippen molar-refractivity contribution in [2.75, 3.05) is 0 Å². The first-order valence-corrected chi connectivity index (χ1v) is 11.0. The second kappa shape index (κ2) is 7.05. The fourth-order valence-electron chi connectivity index (χ4n) is 2.93. The molecule has 0 radical (unpaired) electrons. The summed E-state index contributed by atoms with van der Waals surface area (Å²) in [5.74, 6) is -1.30. The number of sulfone groups is 1. The van der Waals surface area contributed by atoms with Gasteiger partial charge in [0, 0.05) is 22.2 Å². The van der Waals surface area contributed by atoms with Gasteiger partial charge in [0.2, 0.25) is 0 Å². The molecular formula is C19H13ClN2O4S2. The highest BCUT2D eigenvalue weighted by atomic mass is 35.5. The third kappa shape index (κ3) is 3.42. The number of benzene rings is 2. The number of fused-ring (bicyclic) bond motifs is 1. The molecule has 0 amide bonds. The number of rotatable bonds is 5. The first kappa shape index (κ1) is 18.7. The SMILES string of the molecule is O=C(O)c1cn2c(-c3cc(Cl)ccc3S(=O)(=O)Cc3ccccc3)csc2n1. The zero-order chi connectivity index (χ0) is 19.9. The van der Waals surface area contributed by atoms with Gasteiger partial charge in [-0.2, -0.15) is 0 Å². The van der Waals surface area contributed by atoms with Gasteiger partial charge < -0.3 is 5.11 Å². The third-order valence-corrected chi connectivity index (χ3v) is 6.99. The highest BCUT2D eigenvalue weighted by Crippen LogP contribution is 2.34. The summed E-state index contributed by atoms with van der Waals surface area (Å²) in [7, 11) is -3.67. The summed E-state index contributed by atoms with van der Waals surface area (Å²) in [4.78, 5) is 15.8. The Hall–Kier alpha value is -2.68. The van der Waals surface area contributed by atoms with E-state index in [1.54, 1.807) is 40.1 Å². The quantitative estimate of drug-likeness (QED) is 0.505. The molecule has 0 aliphatic heterocycles. The first-order chi connectivity index (χ1) is 13.3. The van der Waals surface area contributed by atoms with Gasteiger partial charge in [-0.05, 0) is 23.8 Å². The van der Waals surface area contributed by atoms with Crippen molar-refractivity contribution in [2.45, 2.75) is 10.6 Å². The lowest BCUT2D eigenvalue weighted by Crippen LogP contribution is -2.07. The molecule has 2 heterocycles. The normalized spacial score (nSPS) is 11.8. The van der Waals surface area contributed by atoms with E-state index in [9.17, 15) is 13.2 Å². The predicted octanol–water partition coefficient (Wildman–Crippen LogP) is 4.39. The Labute approximate surface area is 169 Å². The molecule has 0 spiro atoms. The number of aromatic nitrogens is 2. The maximum absolute atomic E-state index is 13.1. The van der Waals surface area contributed by atoms with Crippen molar-refractivity contribution in [1.82, 2.24) is 9.38 Å². The Bertz CT molecular complexity index is 1290. The highest BCUT2D eigenvalue weighted by molar-refractivity contribution is 7.90. The molecule has 0 atom stereocenters. The molecule has 28 heavy (non-hydrogen) atoms. The molecule has 0 saturated carbocycles. The van der Waals surface area contributed by atoms with Crippen LogP contribution in [0, 0.1) is 0 Å². The third-order valence-electron chi connectivity index (χ3n) is 4.18. The fourth-order valence-corrected chi connectivity index (χ4v) is 5.53. The van der Waals surface area contributed by atoms with Crippen LogP contribution in [-0.2, 0) is 15.6 Å². The molecule has 142 valence electrons. The van der Waals surface area contributed by atoms with E-state index in [2.05, 4.69) is 4.98 Å². The first-order valence-electron chi connectivity index (χ1n) is 8.11. The molecule has 2 aromatic heterocycles. The number of halogens is 1. The lowest BCUT2D eigenvalue weighted by Gasteiger charge is -2.11. The van der Waals surface area contributed by atoms with Crippen LogP contribution >= 0.6 is 22.9 Å². The van der Waals surface area contributed by atoms with E-state index >= 15 is 0 Å². The Morgan fingerprint density at radius 2 is 1.93 bits per heavy atom. The Morgan fingerprint density at radius 3 is 2.64 bits per heavy atom. The van der Waals surface area contributed by atoms with Gasteiger partial charge in [0.05, 0.1) is 16.3 Å². The Kier molecular flexibility index (Phi) is 4.70. The molecule has 2 aromatic carbocycles. The van der Waals surface area contributed by atoms with Gasteiger partial charge in [-0.15, -0.1) is 11.3 Å². The van der Waals surface area contributed by atoms with Crippen molar-refractivity contribution in [1.29, 1.82) is 0 Å². The van der Waals surface area contributed by atoms with Crippen LogP contribution in [0.15, 0.2) is 65.0 Å². The molecule has 0 aliphatic carbocycles. The van der Waals surface area contributed by atoms with Crippen LogP contribution in [0.3, 0.4) is 0 Å². The molecule has 0 bridgehead atoms. The molecule has 0 saturated heterocycles. The van der Waals surface area contributed by atoms with Crippen LogP contribution in [0.4, 0.5) is 0 Å². The van der Waals surface area contributed by atoms with Gasteiger partial charge in [0.1, 0.15) is 0 Å². The summed E-state index contributed by atoms with van der Waals surface area (Å²) in [6.07, 6.45) is 1.37. The summed E-state index contributed by atoms with van der Waals surface area (Å²) < 4.78 is 27.8. The van der Waals surface area contributed by atoms with Crippen LogP contribution in [0.1, 0.15) is 16.1 Å². The minimum absolute atomic E-state index is 0.108. The monoisotopic (exact) mass is 432 g/mol. The lowest BCUT2D eigenvalue weighted by atomic mass is 10.2. The number of carboxylic acid groups (broad SMARTS) is 1. The Morgan fingerprint density at radius 1 is 1.18 bits per heavy atom. The van der Waals surface area contributed by atoms with Crippen molar-refractivity contribution in [2.24, 2.45) is 0 Å². The fraction of sp³-hybridized carbons (Fsp3) is 0.0526. The summed E-state index contributed by atoms with van der Waals surface area (Å²) in [6, 6.07) is 13.5. The minimum Gasteiger partial charge on any atom is -0.476 e. The molecule has 9 heteroatoms. The van der Waals surface area contributed by atoms with Gasteiger partial charge in [-0.25, -0.2) is 18.2 Å². The van der Waals surface area contributed by atoms with Gasteiger partial charge in [0.25, 0.3) is 0 Å². The number of carboxylic acids is 1. The van der Waals surface area contributed by atoms with Gasteiger partial charge in [-0.1, -0.05) is 41.9 Å². The average molecular weight is 433 g/mol. The number of hydrogen-bond acceptors (Lipinski definition) is 5. The van der Waals surface area contributed by atoms with E-state index < -0.39 is 15.8 Å². The van der Waals surface area contributed by atoms with Crippen molar-refractivity contribution in [3.05, 3.63) is 76.4 Å². The van der Waals surface area contributed by atoms with Gasteiger partial charge in [-0.3, -0.25) is 4.40 Å². The number of aromatic carboxylic acids is 1. The number of hydrogen-bond donors (Lipinski definition) is 1. The molecule has 4 rings (SSSR count). The maximum atomic E-state index is 13.1. The summed E-state index contributed by atoms with van der Waals surface area (Å²) in [6.45, 7) is 0. The van der Waals surface area contributed by atoms with Crippen molar-refractivity contribution in [3.8, 4) is 11.3 Å². The largest absolute Gasteiger partial charge is 0.476 e. The average Bonchev–Trinajstić information content (AvgIpc) is 3.22. The number of imidazole rings is 1. The van der Waals surface area contributed by atoms with Crippen LogP contribution in [-0.4, -0.2) is 28.9 Å². The molecule has 4 aromatic rings. The Balaban J connectivity index is 1.87. The number of thiazole rings is 1. The van der Waals surface area contributed by atoms with Crippen LogP contribution < -0.4 is 0 Å². The maximum Gasteiger partial charge on any atom is 0.356 e. The second-order valence-corrected chi connectivity index (χ2v) is 9.32. The van der Waals surface area contributed by atoms with E-state index in [1.807, 2.05) is 6.07 Å². The molecule has 0 unspecified atom stereocenters. The van der Waals surface area contributed by atoms with Gasteiger partial charge >= 0.3 is 5.97 Å². The summed E-state index contributed by atoms with van der Waals surface area (Å²) in [5.41, 5.74) is 1.50. The van der Waals surface area contributed by atoms with E-state index in [-0.39, 0.29) is 16.3 Å². The van der Waals surface area contributed by atoms with E-state index in [0.717, 1.165) is 0 Å². The smallest absolute Gasteiger partial charge is 0.356 e. The van der Waals surface area contributed by atoms with Crippen molar-refractivity contribution >= 4 is 43.7 Å². The van der Waals surface area contributed by atoms with Crippen molar-refractivity contribution in [3.63, 3.8) is 0 Å². The zero-order valence-electron chi connectivity index (χ0n) is 14.2. The molecular weight excluding hydrogens is 420 g/mol. The summed E-state index contributed by atoms with van der Waals surface area (Å²) >= 11 is 7.37. The lowest BCUT2D eigenvalue weighted by molar-refractivity contribution is 0.0691. The number of nitrogens with zero attached hydrogens (tertiary/aromatic N) is 2. The predicted molar refractivity (Wildman–Crippen MR) is 108 cm³/mol. The van der Waals surface area contributed by atoms with Crippen molar-refractivity contribution < 1.29 is 18.3 Å². The second-order valence-electron chi connectivity index (χ2n) is 6.09. The summed E-state index contributed by atoms with van der Waals surface area (Å²) in [5, 5.41) is 11.3. The molecule has 6 nitrogen and oxygen atoms in total. The van der Waals surface area contributed by atoms with Crippen LogP contribution in [0.2, 0.25) is 5.02 Å². The standard InChI is InChI=1S/C19H13ClN2O4S2/c20-13-6-7-17(28(25,26)11-12-4-2-1-3-5-12)14(8-13)16-10-27-19-21-15(18(23)24)9-22(16)19/h1-10H,11H2,(H,23,24). The van der Waals surface area contributed by atoms with E-state index in [1.165, 1.54) is 29.7 Å². The van der Waals surface area contributed by atoms with E-state index in [4.69, 9.17) is 16.7 Å². The molecule has 0 aliphatic rings. The minimum atomic E-state index is -3.67.